The first-order valence-corrected chi connectivity index (χ1v) is 6.32. The topological polar surface area (TPSA) is 33.2 Å². The highest BCUT2D eigenvalue weighted by Gasteiger charge is 2.22. The van der Waals surface area contributed by atoms with Gasteiger partial charge >= 0.3 is 0 Å². The Morgan fingerprint density at radius 3 is 2.56 bits per heavy atom. The minimum Gasteiger partial charge on any atom is -0.336 e. The summed E-state index contributed by atoms with van der Waals surface area (Å²) in [4.78, 5) is 17.7. The van der Waals surface area contributed by atoms with Crippen molar-refractivity contribution in [1.29, 1.82) is 0 Å². The van der Waals surface area contributed by atoms with Crippen LogP contribution in [0.2, 0.25) is 5.15 Å². The molecule has 0 spiro atoms. The molecular weight excluding hydrogens is 255 g/mol. The predicted octanol–water partition coefficient (Wildman–Crippen LogP) is 3.38. The Labute approximate surface area is 112 Å². The molecule has 1 heterocycles. The summed E-state index contributed by atoms with van der Waals surface area (Å²) in [7, 11) is 0. The molecule has 0 unspecified atom stereocenters. The summed E-state index contributed by atoms with van der Waals surface area (Å²) in [6.45, 7) is 8.48. The molecule has 0 fully saturated rings. The summed E-state index contributed by atoms with van der Waals surface area (Å²) < 4.78 is 13.1. The summed E-state index contributed by atoms with van der Waals surface area (Å²) in [5.41, 5.74) is 0.117. The smallest absolute Gasteiger partial charge is 0.257 e. The fourth-order valence-corrected chi connectivity index (χ4v) is 1.83. The summed E-state index contributed by atoms with van der Waals surface area (Å²) in [6, 6.07) is 1.16. The van der Waals surface area contributed by atoms with Gasteiger partial charge in [0.15, 0.2) is 0 Å². The van der Waals surface area contributed by atoms with Crippen molar-refractivity contribution in [3.63, 3.8) is 0 Å². The number of hydrogen-bond acceptors (Lipinski definition) is 2. The van der Waals surface area contributed by atoms with Crippen molar-refractivity contribution in [2.24, 2.45) is 5.92 Å². The Balaban J connectivity index is 3.05. The molecule has 1 rings (SSSR count). The van der Waals surface area contributed by atoms with Crippen molar-refractivity contribution in [2.75, 3.05) is 6.54 Å². The molecule has 1 amide bonds. The molecule has 100 valence electrons. The Kier molecular flexibility index (Phi) is 5.08. The SMILES string of the molecule is CC(C)CN(C(=O)c1cc(F)cnc1Cl)C(C)C. The van der Waals surface area contributed by atoms with E-state index in [0.717, 1.165) is 12.3 Å². The van der Waals surface area contributed by atoms with Crippen molar-refractivity contribution in [3.8, 4) is 0 Å². The van der Waals surface area contributed by atoms with Crippen LogP contribution in [-0.2, 0) is 0 Å². The number of pyridine rings is 1. The van der Waals surface area contributed by atoms with Gasteiger partial charge in [-0.25, -0.2) is 9.37 Å². The molecular formula is C13H18ClFN2O. The lowest BCUT2D eigenvalue weighted by molar-refractivity contribution is 0.0681. The van der Waals surface area contributed by atoms with Crippen LogP contribution in [0.1, 0.15) is 38.1 Å². The average Bonchev–Trinajstić information content (AvgIpc) is 2.27. The van der Waals surface area contributed by atoms with Crippen LogP contribution in [0.5, 0.6) is 0 Å². The van der Waals surface area contributed by atoms with E-state index in [1.807, 2.05) is 27.7 Å². The third kappa shape index (κ3) is 3.67. The van der Waals surface area contributed by atoms with Gasteiger partial charge in [-0.05, 0) is 25.8 Å². The largest absolute Gasteiger partial charge is 0.336 e. The Bertz CT molecular complexity index is 435. The van der Waals surface area contributed by atoms with Crippen LogP contribution in [0.3, 0.4) is 0 Å². The van der Waals surface area contributed by atoms with Crippen LogP contribution < -0.4 is 0 Å². The zero-order valence-corrected chi connectivity index (χ0v) is 11.8. The number of nitrogens with zero attached hydrogens (tertiary/aromatic N) is 2. The van der Waals surface area contributed by atoms with Crippen LogP contribution in [0.25, 0.3) is 0 Å². The highest BCUT2D eigenvalue weighted by atomic mass is 35.5. The van der Waals surface area contributed by atoms with E-state index in [1.54, 1.807) is 4.90 Å². The van der Waals surface area contributed by atoms with Crippen molar-refractivity contribution in [2.45, 2.75) is 33.7 Å². The number of carbonyl (C=O) groups excluding carboxylic acids is 1. The van der Waals surface area contributed by atoms with Gasteiger partial charge in [0.1, 0.15) is 11.0 Å². The number of hydrogen-bond donors (Lipinski definition) is 0. The van der Waals surface area contributed by atoms with E-state index in [-0.39, 0.29) is 22.7 Å². The Morgan fingerprint density at radius 2 is 2.06 bits per heavy atom. The number of amides is 1. The first-order valence-electron chi connectivity index (χ1n) is 5.95. The molecule has 0 aliphatic heterocycles. The first-order chi connectivity index (χ1) is 8.32. The molecule has 1 aromatic rings. The lowest BCUT2D eigenvalue weighted by Gasteiger charge is -2.28. The maximum absolute atomic E-state index is 13.1. The van der Waals surface area contributed by atoms with E-state index >= 15 is 0 Å². The van der Waals surface area contributed by atoms with E-state index in [9.17, 15) is 9.18 Å². The molecule has 0 saturated heterocycles. The van der Waals surface area contributed by atoms with Gasteiger partial charge in [-0.15, -0.1) is 0 Å². The van der Waals surface area contributed by atoms with Crippen LogP contribution in [0, 0.1) is 11.7 Å². The fraction of sp³-hybridized carbons (Fsp3) is 0.538. The molecule has 0 radical (unpaired) electrons. The summed E-state index contributed by atoms with van der Waals surface area (Å²) >= 11 is 5.85. The normalized spacial score (nSPS) is 11.1. The average molecular weight is 273 g/mol. The molecule has 0 aromatic carbocycles. The summed E-state index contributed by atoms with van der Waals surface area (Å²) in [5, 5.41) is 0.0378. The van der Waals surface area contributed by atoms with Crippen molar-refractivity contribution in [1.82, 2.24) is 9.88 Å². The highest BCUT2D eigenvalue weighted by Crippen LogP contribution is 2.18. The van der Waals surface area contributed by atoms with Gasteiger partial charge in [0.25, 0.3) is 5.91 Å². The van der Waals surface area contributed by atoms with Crippen LogP contribution in [0.15, 0.2) is 12.3 Å². The molecule has 0 bridgehead atoms. The lowest BCUT2D eigenvalue weighted by atomic mass is 10.1. The van der Waals surface area contributed by atoms with E-state index in [1.165, 1.54) is 0 Å². The van der Waals surface area contributed by atoms with Crippen molar-refractivity contribution in [3.05, 3.63) is 28.8 Å². The Morgan fingerprint density at radius 1 is 1.44 bits per heavy atom. The quantitative estimate of drug-likeness (QED) is 0.787. The van der Waals surface area contributed by atoms with E-state index < -0.39 is 5.82 Å². The van der Waals surface area contributed by atoms with Crippen molar-refractivity contribution >= 4 is 17.5 Å². The predicted molar refractivity (Wildman–Crippen MR) is 70.2 cm³/mol. The summed E-state index contributed by atoms with van der Waals surface area (Å²) in [6.07, 6.45) is 1.00. The monoisotopic (exact) mass is 272 g/mol. The first kappa shape index (κ1) is 14.9. The van der Waals surface area contributed by atoms with Gasteiger partial charge in [-0.1, -0.05) is 25.4 Å². The summed E-state index contributed by atoms with van der Waals surface area (Å²) in [5.74, 6) is -0.511. The Hall–Kier alpha value is -1.16. The minimum atomic E-state index is -0.559. The fourth-order valence-electron chi connectivity index (χ4n) is 1.65. The van der Waals surface area contributed by atoms with E-state index in [4.69, 9.17) is 11.6 Å². The number of carbonyl (C=O) groups is 1. The standard InChI is InChI=1S/C13H18ClFN2O/c1-8(2)7-17(9(3)4)13(18)11-5-10(15)6-16-12(11)14/h5-6,8-9H,7H2,1-4H3. The lowest BCUT2D eigenvalue weighted by Crippen LogP contribution is -2.39. The highest BCUT2D eigenvalue weighted by molar-refractivity contribution is 6.32. The molecule has 0 aliphatic carbocycles. The molecule has 0 atom stereocenters. The zero-order chi connectivity index (χ0) is 13.9. The third-order valence-corrected chi connectivity index (χ3v) is 2.78. The molecule has 5 heteroatoms. The molecule has 0 saturated carbocycles. The van der Waals surface area contributed by atoms with Gasteiger partial charge < -0.3 is 4.90 Å². The van der Waals surface area contributed by atoms with Gasteiger partial charge in [0, 0.05) is 12.6 Å². The molecule has 0 aliphatic rings. The second-order valence-corrected chi connectivity index (χ2v) is 5.30. The van der Waals surface area contributed by atoms with Gasteiger partial charge in [0.05, 0.1) is 11.8 Å². The van der Waals surface area contributed by atoms with Crippen molar-refractivity contribution < 1.29 is 9.18 Å². The van der Waals surface area contributed by atoms with Gasteiger partial charge in [0.2, 0.25) is 0 Å². The van der Waals surface area contributed by atoms with Gasteiger partial charge in [-0.2, -0.15) is 0 Å². The molecule has 0 N–H and O–H groups in total. The van der Waals surface area contributed by atoms with E-state index in [0.29, 0.717) is 12.5 Å². The van der Waals surface area contributed by atoms with Crippen LogP contribution >= 0.6 is 11.6 Å². The van der Waals surface area contributed by atoms with Gasteiger partial charge in [-0.3, -0.25) is 4.79 Å². The maximum atomic E-state index is 13.1. The zero-order valence-electron chi connectivity index (χ0n) is 11.1. The number of halogens is 2. The second kappa shape index (κ2) is 6.14. The molecule has 18 heavy (non-hydrogen) atoms. The molecule has 1 aromatic heterocycles. The minimum absolute atomic E-state index is 0.0271. The van der Waals surface area contributed by atoms with E-state index in [2.05, 4.69) is 4.98 Å². The van der Waals surface area contributed by atoms with Crippen LogP contribution in [-0.4, -0.2) is 28.4 Å². The third-order valence-electron chi connectivity index (χ3n) is 2.48. The molecule has 3 nitrogen and oxygen atoms in total. The number of rotatable bonds is 4. The number of aromatic nitrogens is 1. The van der Waals surface area contributed by atoms with Crippen LogP contribution in [0.4, 0.5) is 4.39 Å². The maximum Gasteiger partial charge on any atom is 0.257 e. The second-order valence-electron chi connectivity index (χ2n) is 4.94.